The summed E-state index contributed by atoms with van der Waals surface area (Å²) in [6, 6.07) is 7.66. The number of rotatable bonds is 4. The summed E-state index contributed by atoms with van der Waals surface area (Å²) < 4.78 is 0.896. The molecule has 0 saturated heterocycles. The van der Waals surface area contributed by atoms with Crippen LogP contribution in [0.4, 0.5) is 5.69 Å². The highest BCUT2D eigenvalue weighted by Gasteiger charge is 2.13. The summed E-state index contributed by atoms with van der Waals surface area (Å²) in [5.41, 5.74) is 3.23. The number of hydrogen-bond donors (Lipinski definition) is 1. The van der Waals surface area contributed by atoms with Crippen LogP contribution in [-0.2, 0) is 0 Å². The summed E-state index contributed by atoms with van der Waals surface area (Å²) in [5.74, 6) is -0.118. The number of carbonyl (C=O) groups excluding carboxylic acids is 1. The van der Waals surface area contributed by atoms with Gasteiger partial charge in [-0.2, -0.15) is 0 Å². The van der Waals surface area contributed by atoms with Crippen molar-refractivity contribution in [2.45, 2.75) is 23.1 Å². The lowest BCUT2D eigenvalue weighted by molar-refractivity contribution is 0.103. The van der Waals surface area contributed by atoms with E-state index in [1.807, 2.05) is 38.1 Å². The molecular formula is C14H12N4OS3. The molecule has 2 aromatic heterocycles. The summed E-state index contributed by atoms with van der Waals surface area (Å²) in [4.78, 5) is 18.2. The molecular weight excluding hydrogens is 336 g/mol. The Bertz CT molecular complexity index is 781. The van der Waals surface area contributed by atoms with Crippen LogP contribution in [0, 0.1) is 13.8 Å². The van der Waals surface area contributed by atoms with Crippen molar-refractivity contribution in [2.75, 3.05) is 5.32 Å². The van der Waals surface area contributed by atoms with Gasteiger partial charge in [-0.3, -0.25) is 4.79 Å². The van der Waals surface area contributed by atoms with E-state index < -0.39 is 0 Å². The van der Waals surface area contributed by atoms with Crippen molar-refractivity contribution in [2.24, 2.45) is 0 Å². The van der Waals surface area contributed by atoms with Gasteiger partial charge < -0.3 is 5.32 Å². The lowest BCUT2D eigenvalue weighted by atomic mass is 10.3. The number of anilines is 1. The summed E-state index contributed by atoms with van der Waals surface area (Å²) in [6.07, 6.45) is 0. The molecule has 0 radical (unpaired) electrons. The third kappa shape index (κ3) is 3.52. The Balaban J connectivity index is 1.68. The van der Waals surface area contributed by atoms with Crippen LogP contribution in [0.5, 0.6) is 0 Å². The molecule has 0 saturated carbocycles. The molecule has 8 heteroatoms. The van der Waals surface area contributed by atoms with Crippen LogP contribution in [0.2, 0.25) is 0 Å². The van der Waals surface area contributed by atoms with E-state index in [9.17, 15) is 4.79 Å². The number of hydrogen-bond acceptors (Lipinski definition) is 7. The number of benzene rings is 1. The van der Waals surface area contributed by atoms with E-state index in [0.717, 1.165) is 25.6 Å². The van der Waals surface area contributed by atoms with Crippen LogP contribution in [0.25, 0.3) is 0 Å². The molecule has 22 heavy (non-hydrogen) atoms. The predicted octanol–water partition coefficient (Wildman–Crippen LogP) is 4.01. The Hall–Kier alpha value is -1.77. The molecule has 3 aromatic rings. The van der Waals surface area contributed by atoms with Crippen LogP contribution in [-0.4, -0.2) is 21.1 Å². The molecule has 0 unspecified atom stereocenters. The number of carbonyl (C=O) groups is 1. The van der Waals surface area contributed by atoms with E-state index in [1.165, 1.54) is 22.7 Å². The molecule has 2 heterocycles. The monoisotopic (exact) mass is 348 g/mol. The molecule has 0 aliphatic heterocycles. The first-order chi connectivity index (χ1) is 10.6. The molecule has 0 aliphatic carbocycles. The van der Waals surface area contributed by atoms with E-state index >= 15 is 0 Å². The Morgan fingerprint density at radius 2 is 2.00 bits per heavy atom. The van der Waals surface area contributed by atoms with E-state index in [-0.39, 0.29) is 5.91 Å². The van der Waals surface area contributed by atoms with Crippen molar-refractivity contribution in [3.05, 3.63) is 45.4 Å². The normalized spacial score (nSPS) is 10.6. The summed E-state index contributed by atoms with van der Waals surface area (Å²) in [5, 5.41) is 11.6. The molecule has 3 rings (SSSR count). The van der Waals surface area contributed by atoms with Gasteiger partial charge in [0.2, 0.25) is 0 Å². The van der Waals surface area contributed by atoms with Gasteiger partial charge in [0.25, 0.3) is 5.91 Å². The van der Waals surface area contributed by atoms with Crippen LogP contribution < -0.4 is 5.32 Å². The van der Waals surface area contributed by atoms with Crippen LogP contribution in [0.1, 0.15) is 20.4 Å². The fraction of sp³-hybridized carbons (Fsp3) is 0.143. The first-order valence-electron chi connectivity index (χ1n) is 6.41. The Kier molecular flexibility index (Phi) is 4.51. The summed E-state index contributed by atoms with van der Waals surface area (Å²) in [6.45, 7) is 3.74. The first kappa shape index (κ1) is 15.1. The zero-order chi connectivity index (χ0) is 15.5. The molecule has 0 bridgehead atoms. The lowest BCUT2D eigenvalue weighted by Crippen LogP contribution is -2.11. The zero-order valence-electron chi connectivity index (χ0n) is 11.9. The minimum absolute atomic E-state index is 0.118. The number of nitrogens with zero attached hydrogens (tertiary/aromatic N) is 3. The molecule has 0 spiro atoms. The lowest BCUT2D eigenvalue weighted by Gasteiger charge is -2.05. The third-order valence-corrected chi connectivity index (χ3v) is 5.62. The highest BCUT2D eigenvalue weighted by Crippen LogP contribution is 2.29. The minimum atomic E-state index is -0.118. The molecule has 1 amide bonds. The van der Waals surface area contributed by atoms with E-state index in [1.54, 1.807) is 17.3 Å². The van der Waals surface area contributed by atoms with Gasteiger partial charge in [-0.25, -0.2) is 4.98 Å². The van der Waals surface area contributed by atoms with Gasteiger partial charge in [-0.05, 0) is 38.1 Å². The number of aromatic nitrogens is 3. The number of amides is 1. The standard InChI is InChI=1S/C14H12N4OS3/c1-8-12(21-9(2)16-8)13(19)17-10-3-5-11(6-4-10)22-14-18-15-7-20-14/h3-7H,1-2H3,(H,17,19). The fourth-order valence-corrected chi connectivity index (χ4v) is 4.11. The van der Waals surface area contributed by atoms with Crippen LogP contribution >= 0.6 is 34.4 Å². The quantitative estimate of drug-likeness (QED) is 0.771. The third-order valence-electron chi connectivity index (χ3n) is 2.77. The first-order valence-corrected chi connectivity index (χ1v) is 8.92. The summed E-state index contributed by atoms with van der Waals surface area (Å²) in [7, 11) is 0. The van der Waals surface area contributed by atoms with Gasteiger partial charge in [-0.1, -0.05) is 23.1 Å². The van der Waals surface area contributed by atoms with Crippen LogP contribution in [0.15, 0.2) is 39.0 Å². The Morgan fingerprint density at radius 3 is 2.59 bits per heavy atom. The van der Waals surface area contributed by atoms with E-state index in [4.69, 9.17) is 0 Å². The highest BCUT2D eigenvalue weighted by molar-refractivity contribution is 8.01. The molecule has 1 aromatic carbocycles. The largest absolute Gasteiger partial charge is 0.321 e. The maximum Gasteiger partial charge on any atom is 0.267 e. The van der Waals surface area contributed by atoms with Gasteiger partial charge in [0.05, 0.1) is 10.7 Å². The maximum atomic E-state index is 12.2. The van der Waals surface area contributed by atoms with Crippen molar-refractivity contribution >= 4 is 46.0 Å². The molecule has 0 fully saturated rings. The predicted molar refractivity (Wildman–Crippen MR) is 90.0 cm³/mol. The second-order valence-electron chi connectivity index (χ2n) is 4.43. The van der Waals surface area contributed by atoms with Crippen molar-refractivity contribution < 1.29 is 4.79 Å². The zero-order valence-corrected chi connectivity index (χ0v) is 14.3. The average molecular weight is 348 g/mol. The van der Waals surface area contributed by atoms with Gasteiger partial charge in [0, 0.05) is 10.6 Å². The van der Waals surface area contributed by atoms with Gasteiger partial charge >= 0.3 is 0 Å². The van der Waals surface area contributed by atoms with Gasteiger partial charge in [-0.15, -0.1) is 21.5 Å². The number of aryl methyl sites for hydroxylation is 2. The number of thiazole rings is 1. The highest BCUT2D eigenvalue weighted by atomic mass is 32.2. The minimum Gasteiger partial charge on any atom is -0.321 e. The van der Waals surface area contributed by atoms with E-state index in [0.29, 0.717) is 4.88 Å². The molecule has 112 valence electrons. The second-order valence-corrected chi connectivity index (χ2v) is 7.79. The molecule has 5 nitrogen and oxygen atoms in total. The Morgan fingerprint density at radius 1 is 1.23 bits per heavy atom. The molecule has 0 aliphatic rings. The maximum absolute atomic E-state index is 12.2. The van der Waals surface area contributed by atoms with Crippen molar-refractivity contribution in [3.8, 4) is 0 Å². The van der Waals surface area contributed by atoms with Crippen molar-refractivity contribution in [1.29, 1.82) is 0 Å². The van der Waals surface area contributed by atoms with Crippen LogP contribution in [0.3, 0.4) is 0 Å². The van der Waals surface area contributed by atoms with Crippen molar-refractivity contribution in [1.82, 2.24) is 15.2 Å². The Labute approximate surface area is 139 Å². The average Bonchev–Trinajstić information content (AvgIpc) is 3.10. The SMILES string of the molecule is Cc1nc(C)c(C(=O)Nc2ccc(Sc3nncs3)cc2)s1. The van der Waals surface area contributed by atoms with Gasteiger partial charge in [0.1, 0.15) is 10.4 Å². The smallest absolute Gasteiger partial charge is 0.267 e. The summed E-state index contributed by atoms with van der Waals surface area (Å²) >= 11 is 4.45. The molecule has 0 atom stereocenters. The second kappa shape index (κ2) is 6.55. The van der Waals surface area contributed by atoms with Gasteiger partial charge in [0.15, 0.2) is 4.34 Å². The topological polar surface area (TPSA) is 67.8 Å². The fourth-order valence-electron chi connectivity index (χ4n) is 1.84. The van der Waals surface area contributed by atoms with E-state index in [2.05, 4.69) is 20.5 Å². The van der Waals surface area contributed by atoms with Crippen molar-refractivity contribution in [3.63, 3.8) is 0 Å². The molecule has 1 N–H and O–H groups in total. The number of nitrogens with one attached hydrogen (secondary N) is 1.